The molecule has 3 aromatic rings. The average Bonchev–Trinajstić information content (AvgIpc) is 3.13. The highest BCUT2D eigenvalue weighted by molar-refractivity contribution is 7.90. The first kappa shape index (κ1) is 15.2. The summed E-state index contributed by atoms with van der Waals surface area (Å²) in [5, 5.41) is 2.44. The first-order valence-corrected chi connectivity index (χ1v) is 9.39. The molecule has 1 atom stereocenters. The van der Waals surface area contributed by atoms with Crippen molar-refractivity contribution in [2.24, 2.45) is 0 Å². The van der Waals surface area contributed by atoms with E-state index in [-0.39, 0.29) is 0 Å². The van der Waals surface area contributed by atoms with Crippen LogP contribution in [-0.4, -0.2) is 18.0 Å². The molecule has 1 aromatic carbocycles. The number of thiophene rings is 1. The second-order valence-corrected chi connectivity index (χ2v) is 7.60. The fourth-order valence-corrected chi connectivity index (χ4v) is 5.18. The van der Waals surface area contributed by atoms with Gasteiger partial charge in [0.2, 0.25) is 10.0 Å². The van der Waals surface area contributed by atoms with Crippen molar-refractivity contribution in [2.45, 2.75) is 31.3 Å². The zero-order valence-corrected chi connectivity index (χ0v) is 14.0. The van der Waals surface area contributed by atoms with Crippen LogP contribution in [0.2, 0.25) is 0 Å². The molecule has 2 heterocycles. The molecule has 0 radical (unpaired) electrons. The third kappa shape index (κ3) is 2.67. The largest absolute Gasteiger partial charge is 0.334 e. The summed E-state index contributed by atoms with van der Waals surface area (Å²) in [7, 11) is -3.59. The van der Waals surface area contributed by atoms with Gasteiger partial charge in [0.1, 0.15) is 10.7 Å². The second-order valence-electron chi connectivity index (χ2n) is 5.01. The van der Waals surface area contributed by atoms with E-state index < -0.39 is 16.1 Å². The van der Waals surface area contributed by atoms with E-state index >= 15 is 0 Å². The van der Waals surface area contributed by atoms with Crippen molar-refractivity contribution < 1.29 is 8.42 Å². The van der Waals surface area contributed by atoms with Gasteiger partial charge in [0.05, 0.1) is 6.04 Å². The molecule has 22 heavy (non-hydrogen) atoms. The third-order valence-corrected chi connectivity index (χ3v) is 6.24. The molecule has 3 rings (SSSR count). The van der Waals surface area contributed by atoms with E-state index in [1.165, 1.54) is 11.3 Å². The van der Waals surface area contributed by atoms with E-state index in [1.54, 1.807) is 18.5 Å². The van der Waals surface area contributed by atoms with E-state index in [4.69, 9.17) is 0 Å². The summed E-state index contributed by atoms with van der Waals surface area (Å²) in [5.74, 6) is 0.714. The highest BCUT2D eigenvalue weighted by Crippen LogP contribution is 2.29. The van der Waals surface area contributed by atoms with Gasteiger partial charge in [-0.05, 0) is 19.9 Å². The number of hydrogen-bond acceptors (Lipinski definition) is 4. The van der Waals surface area contributed by atoms with Gasteiger partial charge in [-0.2, -0.15) is 0 Å². The fraction of sp³-hybridized carbons (Fsp3) is 0.267. The maximum Gasteiger partial charge on any atom is 0.242 e. The van der Waals surface area contributed by atoms with Crippen molar-refractivity contribution in [3.05, 3.63) is 47.9 Å². The summed E-state index contributed by atoms with van der Waals surface area (Å²) in [6.07, 6.45) is 3.53. The molecule has 0 bridgehead atoms. The van der Waals surface area contributed by atoms with Crippen LogP contribution in [0.3, 0.4) is 0 Å². The monoisotopic (exact) mass is 335 g/mol. The van der Waals surface area contributed by atoms with Crippen LogP contribution in [-0.2, 0) is 16.6 Å². The highest BCUT2D eigenvalue weighted by Gasteiger charge is 2.23. The molecule has 7 heteroatoms. The lowest BCUT2D eigenvalue weighted by molar-refractivity contribution is 0.548. The predicted octanol–water partition coefficient (Wildman–Crippen LogP) is 3.16. The number of hydrogen-bond donors (Lipinski definition) is 1. The number of sulfonamides is 1. The van der Waals surface area contributed by atoms with Gasteiger partial charge >= 0.3 is 0 Å². The first-order valence-electron chi connectivity index (χ1n) is 7.02. The summed E-state index contributed by atoms with van der Waals surface area (Å²) in [4.78, 5) is 4.58. The van der Waals surface area contributed by atoms with Crippen LogP contribution in [0.4, 0.5) is 0 Å². The van der Waals surface area contributed by atoms with Gasteiger partial charge in [-0.1, -0.05) is 18.2 Å². The van der Waals surface area contributed by atoms with Gasteiger partial charge in [0.15, 0.2) is 0 Å². The minimum Gasteiger partial charge on any atom is -0.334 e. The summed E-state index contributed by atoms with van der Waals surface area (Å²) >= 11 is 1.43. The van der Waals surface area contributed by atoms with Crippen LogP contribution in [0.5, 0.6) is 0 Å². The lowest BCUT2D eigenvalue weighted by Crippen LogP contribution is -2.28. The predicted molar refractivity (Wildman–Crippen MR) is 88.5 cm³/mol. The minimum atomic E-state index is -3.59. The zero-order chi connectivity index (χ0) is 15.7. The summed E-state index contributed by atoms with van der Waals surface area (Å²) < 4.78 is 31.0. The molecule has 0 saturated carbocycles. The Kier molecular flexibility index (Phi) is 4.03. The highest BCUT2D eigenvalue weighted by atomic mass is 32.2. The topological polar surface area (TPSA) is 64.0 Å². The van der Waals surface area contributed by atoms with Crippen molar-refractivity contribution in [3.63, 3.8) is 0 Å². The lowest BCUT2D eigenvalue weighted by Gasteiger charge is -2.15. The van der Waals surface area contributed by atoms with Gasteiger partial charge in [0, 0.05) is 34.4 Å². The SMILES string of the molecule is CCn1ccnc1[C@H](C)NS(=O)(=O)c1csc2ccccc12. The van der Waals surface area contributed by atoms with Crippen LogP contribution in [0, 0.1) is 0 Å². The summed E-state index contributed by atoms with van der Waals surface area (Å²) in [6.45, 7) is 4.56. The molecule has 116 valence electrons. The first-order chi connectivity index (χ1) is 10.5. The number of aryl methyl sites for hydroxylation is 1. The van der Waals surface area contributed by atoms with Crippen LogP contribution in [0.1, 0.15) is 25.7 Å². The van der Waals surface area contributed by atoms with E-state index in [0.29, 0.717) is 10.7 Å². The summed E-state index contributed by atoms with van der Waals surface area (Å²) in [6, 6.07) is 7.12. The number of rotatable bonds is 5. The number of fused-ring (bicyclic) bond motifs is 1. The third-order valence-electron chi connectivity index (χ3n) is 3.54. The Morgan fingerprint density at radius 1 is 1.36 bits per heavy atom. The Hall–Kier alpha value is -1.70. The molecule has 5 nitrogen and oxygen atoms in total. The maximum atomic E-state index is 12.7. The molecule has 0 amide bonds. The quantitative estimate of drug-likeness (QED) is 0.779. The van der Waals surface area contributed by atoms with E-state index in [0.717, 1.165) is 16.6 Å². The molecule has 0 fully saturated rings. The number of aromatic nitrogens is 2. The Balaban J connectivity index is 1.94. The van der Waals surface area contributed by atoms with Crippen molar-refractivity contribution in [2.75, 3.05) is 0 Å². The maximum absolute atomic E-state index is 12.7. The van der Waals surface area contributed by atoms with Gasteiger partial charge < -0.3 is 4.57 Å². The standard InChI is InChI=1S/C15H17N3O2S2/c1-3-18-9-8-16-15(18)11(2)17-22(19,20)14-10-21-13-7-5-4-6-12(13)14/h4-11,17H,3H2,1-2H3/t11-/m0/s1. The van der Waals surface area contributed by atoms with Crippen molar-refractivity contribution in [1.82, 2.24) is 14.3 Å². The Bertz CT molecular complexity index is 896. The van der Waals surface area contributed by atoms with Crippen LogP contribution >= 0.6 is 11.3 Å². The molecule has 1 N–H and O–H groups in total. The molecular formula is C15H17N3O2S2. The van der Waals surface area contributed by atoms with Crippen LogP contribution < -0.4 is 4.72 Å². The molecule has 0 aliphatic heterocycles. The van der Waals surface area contributed by atoms with Gasteiger partial charge in [-0.3, -0.25) is 0 Å². The van der Waals surface area contributed by atoms with Crippen molar-refractivity contribution in [3.8, 4) is 0 Å². The number of benzene rings is 1. The van der Waals surface area contributed by atoms with Crippen molar-refractivity contribution >= 4 is 31.4 Å². The van der Waals surface area contributed by atoms with E-state index in [2.05, 4.69) is 9.71 Å². The molecule has 0 saturated heterocycles. The van der Waals surface area contributed by atoms with Crippen molar-refractivity contribution in [1.29, 1.82) is 0 Å². The molecular weight excluding hydrogens is 318 g/mol. The fourth-order valence-electron chi connectivity index (χ4n) is 2.48. The normalized spacial score (nSPS) is 13.5. The van der Waals surface area contributed by atoms with Gasteiger partial charge in [-0.15, -0.1) is 11.3 Å². The van der Waals surface area contributed by atoms with E-state index in [9.17, 15) is 8.42 Å². The van der Waals surface area contributed by atoms with Crippen LogP contribution in [0.25, 0.3) is 10.1 Å². The number of nitrogens with one attached hydrogen (secondary N) is 1. The number of imidazole rings is 1. The molecule has 0 aliphatic carbocycles. The lowest BCUT2D eigenvalue weighted by atomic mass is 10.3. The van der Waals surface area contributed by atoms with Gasteiger partial charge in [0.25, 0.3) is 0 Å². The number of nitrogens with zero attached hydrogens (tertiary/aromatic N) is 2. The minimum absolute atomic E-state index is 0.328. The average molecular weight is 335 g/mol. The Labute approximate surface area is 133 Å². The molecule has 2 aromatic heterocycles. The molecule has 0 unspecified atom stereocenters. The second kappa shape index (κ2) is 5.83. The smallest absolute Gasteiger partial charge is 0.242 e. The molecule has 0 spiro atoms. The van der Waals surface area contributed by atoms with E-state index in [1.807, 2.05) is 42.0 Å². The zero-order valence-electron chi connectivity index (χ0n) is 12.4. The Morgan fingerprint density at radius 2 is 2.14 bits per heavy atom. The molecule has 0 aliphatic rings. The van der Waals surface area contributed by atoms with Crippen LogP contribution in [0.15, 0.2) is 46.9 Å². The van der Waals surface area contributed by atoms with Gasteiger partial charge in [-0.25, -0.2) is 18.1 Å². The Morgan fingerprint density at radius 3 is 2.91 bits per heavy atom. The summed E-state index contributed by atoms with van der Waals surface area (Å²) in [5.41, 5.74) is 0.